The van der Waals surface area contributed by atoms with Crippen molar-refractivity contribution in [3.05, 3.63) is 68.0 Å². The fourth-order valence-corrected chi connectivity index (χ4v) is 4.49. The molecule has 194 valence electrons. The minimum Gasteiger partial charge on any atom is -0.454 e. The van der Waals surface area contributed by atoms with Crippen LogP contribution in [0.2, 0.25) is 5.02 Å². The van der Waals surface area contributed by atoms with Crippen LogP contribution in [0.4, 0.5) is 0 Å². The van der Waals surface area contributed by atoms with Crippen LogP contribution in [0.3, 0.4) is 0 Å². The summed E-state index contributed by atoms with van der Waals surface area (Å²) in [6.45, 7) is 1.85. The standard InChI is InChI=1S/C24H27ClN2O9/c1-13(28)8-9-17(30)34-20(14-5-2-3-6-15(14)25)21-19(31)22(35-18-7-4-12-33-18)23(36-21)27-11-10-16(29)26-24(27)32/h2-3,5-6,10-11,18-23,31H,4,7-9,12H2,1H3,(H,26,29,32)/t18?,19?,20?,21-,22+,23+/m0/s1. The van der Waals surface area contributed by atoms with Crippen LogP contribution in [0.25, 0.3) is 0 Å². The molecule has 11 nitrogen and oxygen atoms in total. The van der Waals surface area contributed by atoms with Crippen molar-refractivity contribution in [1.29, 1.82) is 0 Å². The molecule has 6 atom stereocenters. The smallest absolute Gasteiger partial charge is 0.330 e. The quantitative estimate of drug-likeness (QED) is 0.469. The average molecular weight is 523 g/mol. The van der Waals surface area contributed by atoms with E-state index in [4.69, 9.17) is 30.5 Å². The Hall–Kier alpha value is -2.83. The maximum atomic E-state index is 12.6. The zero-order chi connectivity index (χ0) is 25.8. The number of carbonyl (C=O) groups excluding carboxylic acids is 2. The van der Waals surface area contributed by atoms with Crippen molar-refractivity contribution in [2.24, 2.45) is 0 Å². The third-order valence-electron chi connectivity index (χ3n) is 6.02. The molecular weight excluding hydrogens is 496 g/mol. The van der Waals surface area contributed by atoms with Gasteiger partial charge in [-0.1, -0.05) is 29.8 Å². The van der Waals surface area contributed by atoms with Crippen LogP contribution >= 0.6 is 11.6 Å². The van der Waals surface area contributed by atoms with E-state index in [2.05, 4.69) is 4.98 Å². The number of ketones is 1. The summed E-state index contributed by atoms with van der Waals surface area (Å²) in [5, 5.41) is 11.6. The maximum Gasteiger partial charge on any atom is 0.330 e. The maximum absolute atomic E-state index is 12.6. The number of nitrogens with one attached hydrogen (secondary N) is 1. The number of halogens is 1. The SMILES string of the molecule is CC(=O)CCC(=O)OC(c1ccccc1Cl)[C@H]1O[C@@H](n2ccc(=O)[nH]c2=O)[C@H](OC2CCCO2)C1O. The molecule has 0 amide bonds. The molecule has 0 radical (unpaired) electrons. The van der Waals surface area contributed by atoms with Crippen molar-refractivity contribution in [2.45, 2.75) is 69.5 Å². The number of H-pyrrole nitrogens is 1. The summed E-state index contributed by atoms with van der Waals surface area (Å²) >= 11 is 6.40. The fraction of sp³-hybridized carbons (Fsp3) is 0.500. The van der Waals surface area contributed by atoms with Crippen molar-refractivity contribution >= 4 is 23.4 Å². The molecule has 0 spiro atoms. The predicted molar refractivity (Wildman–Crippen MR) is 125 cm³/mol. The number of benzene rings is 1. The molecule has 0 saturated carbocycles. The molecule has 12 heteroatoms. The first-order valence-corrected chi connectivity index (χ1v) is 12.0. The third kappa shape index (κ3) is 5.93. The van der Waals surface area contributed by atoms with Crippen LogP contribution in [0.15, 0.2) is 46.1 Å². The molecule has 4 rings (SSSR count). The van der Waals surface area contributed by atoms with E-state index in [1.165, 1.54) is 13.1 Å². The first-order chi connectivity index (χ1) is 17.2. The largest absolute Gasteiger partial charge is 0.454 e. The van der Waals surface area contributed by atoms with Crippen LogP contribution in [-0.2, 0) is 28.5 Å². The highest BCUT2D eigenvalue weighted by Crippen LogP contribution is 2.41. The molecular formula is C24H27ClN2O9. The Bertz CT molecular complexity index is 1210. The Morgan fingerprint density at radius 2 is 2.03 bits per heavy atom. The first kappa shape index (κ1) is 26.2. The number of Topliss-reactive ketones (excluding diaryl/α,β-unsaturated/α-hetero) is 1. The van der Waals surface area contributed by atoms with Crippen molar-refractivity contribution in [2.75, 3.05) is 6.61 Å². The minimum absolute atomic E-state index is 0.0116. The summed E-state index contributed by atoms with van der Waals surface area (Å²) in [6.07, 6.45) is -4.32. The van der Waals surface area contributed by atoms with Crippen molar-refractivity contribution < 1.29 is 33.6 Å². The molecule has 2 aliphatic rings. The molecule has 36 heavy (non-hydrogen) atoms. The van der Waals surface area contributed by atoms with Gasteiger partial charge in [-0.05, 0) is 19.4 Å². The second kappa shape index (κ2) is 11.5. The molecule has 0 aliphatic carbocycles. The van der Waals surface area contributed by atoms with Gasteiger partial charge in [-0.3, -0.25) is 19.1 Å². The van der Waals surface area contributed by atoms with Gasteiger partial charge in [0.15, 0.2) is 18.6 Å². The van der Waals surface area contributed by atoms with Gasteiger partial charge in [0.25, 0.3) is 5.56 Å². The second-order valence-corrected chi connectivity index (χ2v) is 9.08. The summed E-state index contributed by atoms with van der Waals surface area (Å²) in [5.41, 5.74) is -1.00. The van der Waals surface area contributed by atoms with Crippen LogP contribution in [0.5, 0.6) is 0 Å². The number of hydrogen-bond donors (Lipinski definition) is 2. The van der Waals surface area contributed by atoms with Gasteiger partial charge >= 0.3 is 11.7 Å². The molecule has 2 aromatic rings. The number of aliphatic hydroxyl groups is 1. The number of aromatic nitrogens is 2. The molecule has 2 aliphatic heterocycles. The number of esters is 1. The molecule has 2 N–H and O–H groups in total. The summed E-state index contributed by atoms with van der Waals surface area (Å²) in [5.74, 6) is -0.867. The van der Waals surface area contributed by atoms with Gasteiger partial charge in [0.2, 0.25) is 0 Å². The zero-order valence-electron chi connectivity index (χ0n) is 19.5. The normalized spacial score (nSPS) is 26.6. The lowest BCUT2D eigenvalue weighted by Gasteiger charge is -2.27. The highest BCUT2D eigenvalue weighted by Gasteiger charge is 2.52. The van der Waals surface area contributed by atoms with E-state index in [0.29, 0.717) is 18.6 Å². The Balaban J connectivity index is 1.69. The summed E-state index contributed by atoms with van der Waals surface area (Å²) in [4.78, 5) is 50.3. The van der Waals surface area contributed by atoms with E-state index in [0.717, 1.165) is 17.1 Å². The van der Waals surface area contributed by atoms with Gasteiger partial charge in [0.1, 0.15) is 24.1 Å². The Kier molecular flexibility index (Phi) is 8.37. The third-order valence-corrected chi connectivity index (χ3v) is 6.37. The lowest BCUT2D eigenvalue weighted by Crippen LogP contribution is -2.41. The van der Waals surface area contributed by atoms with Crippen molar-refractivity contribution in [1.82, 2.24) is 9.55 Å². The van der Waals surface area contributed by atoms with Crippen LogP contribution in [0, 0.1) is 0 Å². The highest BCUT2D eigenvalue weighted by molar-refractivity contribution is 6.31. The summed E-state index contributed by atoms with van der Waals surface area (Å²) < 4.78 is 24.4. The van der Waals surface area contributed by atoms with Gasteiger partial charge in [0.05, 0.1) is 6.42 Å². The molecule has 2 fully saturated rings. The monoisotopic (exact) mass is 522 g/mol. The lowest BCUT2D eigenvalue weighted by molar-refractivity contribution is -0.182. The number of rotatable bonds is 9. The zero-order valence-corrected chi connectivity index (χ0v) is 20.3. The van der Waals surface area contributed by atoms with E-state index in [-0.39, 0.29) is 23.6 Å². The van der Waals surface area contributed by atoms with Crippen molar-refractivity contribution in [3.63, 3.8) is 0 Å². The minimum atomic E-state index is -1.39. The Labute approximate surface area is 210 Å². The van der Waals surface area contributed by atoms with Gasteiger partial charge in [0, 0.05) is 42.3 Å². The lowest BCUT2D eigenvalue weighted by atomic mass is 9.98. The van der Waals surface area contributed by atoms with Gasteiger partial charge in [-0.25, -0.2) is 4.79 Å². The van der Waals surface area contributed by atoms with E-state index in [1.54, 1.807) is 24.3 Å². The van der Waals surface area contributed by atoms with E-state index >= 15 is 0 Å². The van der Waals surface area contributed by atoms with Gasteiger partial charge < -0.3 is 28.8 Å². The second-order valence-electron chi connectivity index (χ2n) is 8.68. The number of ether oxygens (including phenoxy) is 4. The molecule has 0 bridgehead atoms. The van der Waals surface area contributed by atoms with Gasteiger partial charge in [-0.15, -0.1) is 0 Å². The van der Waals surface area contributed by atoms with E-state index < -0.39 is 54.2 Å². The van der Waals surface area contributed by atoms with Crippen LogP contribution in [0.1, 0.15) is 50.5 Å². The molecule has 1 aromatic heterocycles. The summed E-state index contributed by atoms with van der Waals surface area (Å²) in [6, 6.07) is 7.73. The number of hydrogen-bond acceptors (Lipinski definition) is 9. The van der Waals surface area contributed by atoms with E-state index in [9.17, 15) is 24.3 Å². The number of nitrogens with zero attached hydrogens (tertiary/aromatic N) is 1. The van der Waals surface area contributed by atoms with Crippen molar-refractivity contribution in [3.8, 4) is 0 Å². The summed E-state index contributed by atoms with van der Waals surface area (Å²) in [7, 11) is 0. The average Bonchev–Trinajstić information content (AvgIpc) is 3.46. The van der Waals surface area contributed by atoms with E-state index in [1.807, 2.05) is 0 Å². The Morgan fingerprint density at radius 3 is 2.69 bits per heavy atom. The van der Waals surface area contributed by atoms with Crippen LogP contribution < -0.4 is 11.2 Å². The molecule has 3 unspecified atom stereocenters. The highest BCUT2D eigenvalue weighted by atomic mass is 35.5. The first-order valence-electron chi connectivity index (χ1n) is 11.6. The Morgan fingerprint density at radius 1 is 1.25 bits per heavy atom. The number of carbonyl (C=O) groups is 2. The van der Waals surface area contributed by atoms with Crippen LogP contribution in [-0.4, -0.2) is 57.6 Å². The number of aromatic amines is 1. The number of aliphatic hydroxyl groups excluding tert-OH is 1. The molecule has 1 aromatic carbocycles. The topological polar surface area (TPSA) is 146 Å². The fourth-order valence-electron chi connectivity index (χ4n) is 4.25. The van der Waals surface area contributed by atoms with Gasteiger partial charge in [-0.2, -0.15) is 0 Å². The predicted octanol–water partition coefficient (Wildman–Crippen LogP) is 1.62. The molecule has 3 heterocycles. The molecule has 2 saturated heterocycles.